The number of nitrogens with one attached hydrogen (secondary N) is 1. The van der Waals surface area contributed by atoms with Crippen molar-refractivity contribution in [1.82, 2.24) is 19.5 Å². The van der Waals surface area contributed by atoms with Crippen LogP contribution in [-0.4, -0.2) is 31.4 Å². The summed E-state index contributed by atoms with van der Waals surface area (Å²) < 4.78 is 46.3. The highest BCUT2D eigenvalue weighted by Crippen LogP contribution is 2.47. The summed E-state index contributed by atoms with van der Waals surface area (Å²) in [6.45, 7) is 1.81. The van der Waals surface area contributed by atoms with E-state index in [1.807, 2.05) is 6.92 Å². The average molecular weight is 427 g/mol. The van der Waals surface area contributed by atoms with E-state index in [2.05, 4.69) is 20.4 Å². The Morgan fingerprint density at radius 2 is 2.06 bits per heavy atom. The quantitative estimate of drug-likeness (QED) is 0.515. The van der Waals surface area contributed by atoms with E-state index >= 15 is 0 Å². The van der Waals surface area contributed by atoms with Gasteiger partial charge >= 0.3 is 0 Å². The lowest BCUT2D eigenvalue weighted by molar-refractivity contribution is -0.0925. The smallest absolute Gasteiger partial charge is 0.274 e. The monoisotopic (exact) mass is 427 g/mol. The van der Waals surface area contributed by atoms with Crippen LogP contribution in [0.5, 0.6) is 0 Å². The molecule has 10 heteroatoms. The van der Waals surface area contributed by atoms with Gasteiger partial charge in [-0.25, -0.2) is 18.2 Å². The average Bonchev–Trinajstić information content (AvgIpc) is 3.34. The molecule has 0 saturated heterocycles. The fourth-order valence-corrected chi connectivity index (χ4v) is 3.56. The molecule has 0 radical (unpaired) electrons. The highest BCUT2D eigenvalue weighted by Gasteiger charge is 2.48. The van der Waals surface area contributed by atoms with Crippen molar-refractivity contribution in [3.8, 4) is 11.4 Å². The van der Waals surface area contributed by atoms with Crippen molar-refractivity contribution in [2.45, 2.75) is 31.6 Å². The molecule has 3 heterocycles. The van der Waals surface area contributed by atoms with Crippen molar-refractivity contribution in [2.75, 3.05) is 5.32 Å². The molecular formula is C21H16F3N5O2. The van der Waals surface area contributed by atoms with Gasteiger partial charge in [0.05, 0.1) is 6.20 Å². The van der Waals surface area contributed by atoms with Crippen LogP contribution in [0, 0.1) is 12.7 Å². The van der Waals surface area contributed by atoms with E-state index in [0.717, 1.165) is 5.56 Å². The van der Waals surface area contributed by atoms with Gasteiger partial charge in [-0.1, -0.05) is 17.3 Å². The SMILES string of the molecule is Cc1ccc(-c2noc(C3CC(F)(F)C3)n2)cc1NC(=O)c1cnc2ccc(F)cn12. The van der Waals surface area contributed by atoms with Gasteiger partial charge in [0.1, 0.15) is 17.2 Å². The van der Waals surface area contributed by atoms with Crippen LogP contribution in [0.1, 0.15) is 40.7 Å². The standard InChI is InChI=1S/C21H16F3N5O2/c1-11-2-3-12(18-27-20(31-28-18)13-7-21(23,24)8-13)6-15(11)26-19(30)16-9-25-17-5-4-14(22)10-29(16)17/h2-6,9-10,13H,7-8H2,1H3,(H,26,30). The Bertz CT molecular complexity index is 1310. The number of aromatic nitrogens is 4. The molecule has 5 rings (SSSR count). The molecule has 1 aliphatic carbocycles. The highest BCUT2D eigenvalue weighted by molar-refractivity contribution is 6.04. The minimum atomic E-state index is -2.68. The molecule has 1 aliphatic rings. The number of pyridine rings is 1. The van der Waals surface area contributed by atoms with Gasteiger partial charge in [0.2, 0.25) is 17.6 Å². The van der Waals surface area contributed by atoms with Crippen molar-refractivity contribution < 1.29 is 22.5 Å². The summed E-state index contributed by atoms with van der Waals surface area (Å²) in [6.07, 6.45) is 1.95. The van der Waals surface area contributed by atoms with E-state index in [9.17, 15) is 18.0 Å². The summed E-state index contributed by atoms with van der Waals surface area (Å²) in [5, 5.41) is 6.68. The molecule has 1 N–H and O–H groups in total. The Morgan fingerprint density at radius 3 is 2.84 bits per heavy atom. The predicted molar refractivity (Wildman–Crippen MR) is 104 cm³/mol. The number of halogens is 3. The minimum absolute atomic E-state index is 0.173. The number of hydrogen-bond acceptors (Lipinski definition) is 5. The van der Waals surface area contributed by atoms with Crippen LogP contribution >= 0.6 is 0 Å². The number of carbonyl (C=O) groups excluding carboxylic acids is 1. The molecule has 158 valence electrons. The molecule has 0 atom stereocenters. The van der Waals surface area contributed by atoms with Gasteiger partial charge in [0, 0.05) is 36.2 Å². The fraction of sp³-hybridized carbons (Fsp3) is 0.238. The topological polar surface area (TPSA) is 85.3 Å². The van der Waals surface area contributed by atoms with Gasteiger partial charge in [-0.2, -0.15) is 4.98 Å². The second kappa shape index (κ2) is 6.93. The van der Waals surface area contributed by atoms with Crippen LogP contribution in [-0.2, 0) is 0 Å². The molecule has 3 aromatic heterocycles. The number of alkyl halides is 2. The number of imidazole rings is 1. The fourth-order valence-electron chi connectivity index (χ4n) is 3.56. The third-order valence-corrected chi connectivity index (χ3v) is 5.33. The predicted octanol–water partition coefficient (Wildman–Crippen LogP) is 4.60. The zero-order chi connectivity index (χ0) is 21.8. The van der Waals surface area contributed by atoms with Crippen LogP contribution < -0.4 is 5.32 Å². The number of nitrogens with zero attached hydrogens (tertiary/aromatic N) is 4. The Kier molecular flexibility index (Phi) is 4.31. The maximum atomic E-state index is 13.6. The van der Waals surface area contributed by atoms with Crippen molar-refractivity contribution in [1.29, 1.82) is 0 Å². The first-order chi connectivity index (χ1) is 14.8. The Labute approximate surface area is 173 Å². The normalized spacial score (nSPS) is 15.7. The summed E-state index contributed by atoms with van der Waals surface area (Å²) in [5.41, 5.74) is 2.45. The molecule has 1 saturated carbocycles. The van der Waals surface area contributed by atoms with E-state index in [-0.39, 0.29) is 30.3 Å². The number of amides is 1. The maximum Gasteiger partial charge on any atom is 0.274 e. The largest absolute Gasteiger partial charge is 0.339 e. The van der Waals surface area contributed by atoms with Crippen molar-refractivity contribution >= 4 is 17.2 Å². The number of anilines is 1. The summed E-state index contributed by atoms with van der Waals surface area (Å²) in [4.78, 5) is 21.1. The molecule has 1 aromatic carbocycles. The summed E-state index contributed by atoms with van der Waals surface area (Å²) >= 11 is 0. The van der Waals surface area contributed by atoms with Crippen molar-refractivity contribution in [2.24, 2.45) is 0 Å². The van der Waals surface area contributed by atoms with Crippen LogP contribution in [0.3, 0.4) is 0 Å². The Balaban J connectivity index is 1.39. The first kappa shape index (κ1) is 19.3. The number of hydrogen-bond donors (Lipinski definition) is 1. The van der Waals surface area contributed by atoms with Crippen LogP contribution in [0.4, 0.5) is 18.9 Å². The summed E-state index contributed by atoms with van der Waals surface area (Å²) in [5.74, 6) is -3.66. The summed E-state index contributed by atoms with van der Waals surface area (Å²) in [7, 11) is 0. The second-order valence-electron chi connectivity index (χ2n) is 7.62. The lowest BCUT2D eigenvalue weighted by Gasteiger charge is -2.31. The van der Waals surface area contributed by atoms with Gasteiger partial charge in [-0.05, 0) is 30.7 Å². The van der Waals surface area contributed by atoms with Crippen molar-refractivity contribution in [3.05, 3.63) is 65.7 Å². The van der Waals surface area contributed by atoms with E-state index in [1.54, 1.807) is 18.2 Å². The zero-order valence-corrected chi connectivity index (χ0v) is 16.3. The Hall–Kier alpha value is -3.69. The van der Waals surface area contributed by atoms with Gasteiger partial charge in [-0.3, -0.25) is 9.20 Å². The molecular weight excluding hydrogens is 411 g/mol. The Morgan fingerprint density at radius 1 is 1.26 bits per heavy atom. The molecule has 0 unspecified atom stereocenters. The van der Waals surface area contributed by atoms with Gasteiger partial charge in [0.15, 0.2) is 0 Å². The first-order valence-electron chi connectivity index (χ1n) is 9.55. The highest BCUT2D eigenvalue weighted by atomic mass is 19.3. The summed E-state index contributed by atoms with van der Waals surface area (Å²) in [6, 6.07) is 7.93. The van der Waals surface area contributed by atoms with Crippen LogP contribution in [0.2, 0.25) is 0 Å². The third-order valence-electron chi connectivity index (χ3n) is 5.33. The van der Waals surface area contributed by atoms with E-state index in [1.165, 1.54) is 28.9 Å². The third kappa shape index (κ3) is 3.54. The van der Waals surface area contributed by atoms with Gasteiger partial charge < -0.3 is 9.84 Å². The molecule has 1 fully saturated rings. The van der Waals surface area contributed by atoms with Gasteiger partial charge in [0.25, 0.3) is 5.91 Å². The minimum Gasteiger partial charge on any atom is -0.339 e. The number of aryl methyl sites for hydroxylation is 1. The molecule has 0 spiro atoms. The lowest BCUT2D eigenvalue weighted by atomic mass is 9.81. The first-order valence-corrected chi connectivity index (χ1v) is 9.55. The number of benzene rings is 1. The number of rotatable bonds is 4. The van der Waals surface area contributed by atoms with Crippen LogP contribution in [0.15, 0.2) is 47.2 Å². The molecule has 4 aromatic rings. The lowest BCUT2D eigenvalue weighted by Crippen LogP contribution is -2.33. The zero-order valence-electron chi connectivity index (χ0n) is 16.3. The van der Waals surface area contributed by atoms with E-state index in [4.69, 9.17) is 4.52 Å². The molecule has 31 heavy (non-hydrogen) atoms. The second-order valence-corrected chi connectivity index (χ2v) is 7.62. The number of carbonyl (C=O) groups is 1. The number of fused-ring (bicyclic) bond motifs is 1. The molecule has 0 bridgehead atoms. The molecule has 7 nitrogen and oxygen atoms in total. The van der Waals surface area contributed by atoms with Crippen molar-refractivity contribution in [3.63, 3.8) is 0 Å². The maximum absolute atomic E-state index is 13.6. The van der Waals surface area contributed by atoms with E-state index in [0.29, 0.717) is 16.9 Å². The van der Waals surface area contributed by atoms with E-state index < -0.39 is 23.6 Å². The molecule has 0 aliphatic heterocycles. The van der Waals surface area contributed by atoms with Gasteiger partial charge in [-0.15, -0.1) is 0 Å². The van der Waals surface area contributed by atoms with Crippen LogP contribution in [0.25, 0.3) is 17.0 Å². The molecule has 1 amide bonds.